The van der Waals surface area contributed by atoms with Gasteiger partial charge in [-0.15, -0.1) is 0 Å². The number of oxazole rings is 1. The molecule has 21 heteroatoms. The first kappa shape index (κ1) is 61.9. The zero-order chi connectivity index (χ0) is 53.8. The summed E-state index contributed by atoms with van der Waals surface area (Å²) in [5.41, 5.74) is 6.90. The maximum absolute atomic E-state index is 12.6. The number of nitrogens with zero attached hydrogens (tertiary/aromatic N) is 2. The number of rotatable bonds is 27. The first-order valence-corrected chi connectivity index (χ1v) is 25.6. The van der Waals surface area contributed by atoms with Crippen LogP contribution in [0.3, 0.4) is 0 Å². The SMILES string of the molecule is COC[C@@H]([C@H](O)[C@H](O)C(=O)NCC[C@H](C)c1nc(/C=C/C[C@@H]2OC3(C[C@@H](O)[C@@H]2C)O[C@H]([C@H](C[C@H](O)[C@H](C)[C@H](O)[C@H](C)/C=C(C)/C(C)=C/C=C/C(C)=C/C(N)=O)OC)[C@H](OP(=O)(O)O)C3(C)C)co1)N(C)C. The molecular weight excluding hydrogens is 944 g/mol. The molecule has 0 aromatic carbocycles. The Morgan fingerprint density at radius 2 is 1.72 bits per heavy atom. The molecular formula is C50H83N4O16P. The number of aliphatic hydroxyl groups excluding tert-OH is 5. The smallest absolute Gasteiger partial charge is 0.448 e. The summed E-state index contributed by atoms with van der Waals surface area (Å²) in [6.45, 7) is 16.4. The zero-order valence-electron chi connectivity index (χ0n) is 43.7. The third-order valence-electron chi connectivity index (χ3n) is 14.1. The molecule has 1 spiro atoms. The lowest BCUT2D eigenvalue weighted by atomic mass is 9.72. The molecule has 71 heavy (non-hydrogen) atoms. The first-order valence-electron chi connectivity index (χ1n) is 24.1. The Morgan fingerprint density at radius 1 is 1.06 bits per heavy atom. The number of primary amides is 1. The number of hydrogen-bond donors (Lipinski definition) is 9. The lowest BCUT2D eigenvalue weighted by Crippen LogP contribution is -2.58. The van der Waals surface area contributed by atoms with E-state index in [1.807, 2.05) is 46.8 Å². The molecule has 0 saturated carbocycles. The van der Waals surface area contributed by atoms with E-state index in [4.69, 9.17) is 33.6 Å². The Hall–Kier alpha value is -3.44. The second-order valence-corrected chi connectivity index (χ2v) is 21.3. The highest BCUT2D eigenvalue weighted by atomic mass is 31.2. The fourth-order valence-corrected chi connectivity index (χ4v) is 9.77. The van der Waals surface area contributed by atoms with E-state index in [2.05, 4.69) is 10.3 Å². The van der Waals surface area contributed by atoms with Crippen molar-refractivity contribution in [3.63, 3.8) is 0 Å². The third kappa shape index (κ3) is 17.0. The highest BCUT2D eigenvalue weighted by Crippen LogP contribution is 2.59. The summed E-state index contributed by atoms with van der Waals surface area (Å²) in [4.78, 5) is 50.4. The molecule has 2 saturated heterocycles. The molecule has 1 aromatic rings. The van der Waals surface area contributed by atoms with Crippen LogP contribution >= 0.6 is 7.82 Å². The number of allylic oxidation sites excluding steroid dienone is 6. The Labute approximate surface area is 419 Å². The molecule has 2 amide bonds. The van der Waals surface area contributed by atoms with E-state index in [0.29, 0.717) is 23.6 Å². The molecule has 1 aromatic heterocycles. The largest absolute Gasteiger partial charge is 0.469 e. The number of nitrogens with two attached hydrogens (primary N) is 1. The highest BCUT2D eigenvalue weighted by Gasteiger charge is 2.68. The van der Waals surface area contributed by atoms with Gasteiger partial charge in [-0.3, -0.25) is 14.1 Å². The van der Waals surface area contributed by atoms with Crippen molar-refractivity contribution in [2.24, 2.45) is 28.9 Å². The molecule has 0 radical (unpaired) electrons. The molecule has 0 bridgehead atoms. The van der Waals surface area contributed by atoms with Gasteiger partial charge in [-0.05, 0) is 64.9 Å². The number of carbonyl (C=O) groups is 2. The monoisotopic (exact) mass is 1030 g/mol. The quantitative estimate of drug-likeness (QED) is 0.0345. The molecule has 0 aliphatic carbocycles. The standard InChI is InChI=1S/C50H83N4O16P/c1-28(22-41(51)57)16-14-17-29(2)31(4)23-32(5)42(58)34(7)37(55)24-40(66-13)45-46(70-71(62,63)64)49(8,9)50(69-45)25-38(56)33(6)39(68-50)19-15-18-35-26-67-48(53-35)30(3)20-21-52-47(61)44(60)43(59)36(27-65-12)54(10)11/h14-18,22-23,26,30,32-34,36-40,42-46,55-56,58-60H,19-21,24-25,27H2,1-13H3,(H2,51,57)(H,52,61)(H2,62,63,64)/b16-14+,18-15+,28-22+,29-17+,31-23+/t30-,32+,33-,34-,36-,37-,38+,39-,40-,42+,43-,44-,45+,46-,50?/m0/s1. The van der Waals surface area contributed by atoms with E-state index in [1.165, 1.54) is 26.6 Å². The summed E-state index contributed by atoms with van der Waals surface area (Å²) >= 11 is 0. The number of methoxy groups -OCH3 is 2. The van der Waals surface area contributed by atoms with Gasteiger partial charge in [0.15, 0.2) is 17.8 Å². The van der Waals surface area contributed by atoms with Gasteiger partial charge in [0.2, 0.25) is 5.91 Å². The molecule has 10 N–H and O–H groups in total. The normalized spacial score (nSPS) is 27.5. The minimum atomic E-state index is -5.16. The molecule has 15 atom stereocenters. The van der Waals surface area contributed by atoms with Gasteiger partial charge in [-0.25, -0.2) is 9.55 Å². The van der Waals surface area contributed by atoms with Crippen LogP contribution in [0.2, 0.25) is 0 Å². The molecule has 2 fully saturated rings. The van der Waals surface area contributed by atoms with Crippen molar-refractivity contribution in [1.29, 1.82) is 0 Å². The summed E-state index contributed by atoms with van der Waals surface area (Å²) in [7, 11) is 1.10. The van der Waals surface area contributed by atoms with Crippen molar-refractivity contribution in [3.8, 4) is 0 Å². The summed E-state index contributed by atoms with van der Waals surface area (Å²) in [5.74, 6) is -4.23. The van der Waals surface area contributed by atoms with Gasteiger partial charge in [0.25, 0.3) is 5.91 Å². The average Bonchev–Trinajstić information content (AvgIpc) is 3.83. The van der Waals surface area contributed by atoms with E-state index < -0.39 is 110 Å². The molecule has 3 heterocycles. The summed E-state index contributed by atoms with van der Waals surface area (Å²) < 4.78 is 48.2. The lowest BCUT2D eigenvalue weighted by molar-refractivity contribution is -0.334. The van der Waals surface area contributed by atoms with Gasteiger partial charge in [0.1, 0.15) is 30.3 Å². The van der Waals surface area contributed by atoms with E-state index >= 15 is 0 Å². The Bertz CT molecular complexity index is 2080. The number of hydrogen-bond acceptors (Lipinski definition) is 16. The number of phosphoric acid groups is 1. The fraction of sp³-hybridized carbons (Fsp3) is 0.700. The minimum absolute atomic E-state index is 0.0709. The van der Waals surface area contributed by atoms with Gasteiger partial charge in [-0.2, -0.15) is 0 Å². The van der Waals surface area contributed by atoms with Crippen LogP contribution < -0.4 is 11.1 Å². The number of aromatic nitrogens is 1. The predicted octanol–water partition coefficient (Wildman–Crippen LogP) is 3.65. The second-order valence-electron chi connectivity index (χ2n) is 20.1. The van der Waals surface area contributed by atoms with Crippen molar-refractivity contribution in [3.05, 3.63) is 71.0 Å². The van der Waals surface area contributed by atoms with Gasteiger partial charge in [-0.1, -0.05) is 77.5 Å². The fourth-order valence-electron chi connectivity index (χ4n) is 9.09. The van der Waals surface area contributed by atoms with Gasteiger partial charge in [0.05, 0.1) is 43.2 Å². The number of carbonyl (C=O) groups excluding carboxylic acids is 2. The summed E-state index contributed by atoms with van der Waals surface area (Å²) in [6.07, 6.45) is 3.69. The summed E-state index contributed by atoms with van der Waals surface area (Å²) in [6, 6.07) is -0.597. The molecule has 2 aliphatic heterocycles. The van der Waals surface area contributed by atoms with Crippen molar-refractivity contribution in [2.45, 2.75) is 161 Å². The van der Waals surface area contributed by atoms with Crippen LogP contribution in [0.5, 0.6) is 0 Å². The number of ether oxygens (including phenoxy) is 4. The number of amides is 2. The van der Waals surface area contributed by atoms with E-state index in [1.54, 1.807) is 71.0 Å². The van der Waals surface area contributed by atoms with Crippen molar-refractivity contribution in [1.82, 2.24) is 15.2 Å². The maximum Gasteiger partial charge on any atom is 0.469 e. The maximum atomic E-state index is 12.6. The third-order valence-corrected chi connectivity index (χ3v) is 14.6. The van der Waals surface area contributed by atoms with Crippen LogP contribution in [0.15, 0.2) is 63.9 Å². The molecule has 2 aliphatic rings. The van der Waals surface area contributed by atoms with Crippen LogP contribution in [0.4, 0.5) is 0 Å². The topological polar surface area (TPSA) is 306 Å². The molecule has 404 valence electrons. The molecule has 1 unspecified atom stereocenters. The lowest BCUT2D eigenvalue weighted by Gasteiger charge is -2.50. The van der Waals surface area contributed by atoms with Crippen molar-refractivity contribution in [2.75, 3.05) is 41.5 Å². The van der Waals surface area contributed by atoms with Gasteiger partial charge < -0.3 is 74.6 Å². The van der Waals surface area contributed by atoms with E-state index in [9.17, 15) is 49.5 Å². The first-order chi connectivity index (χ1) is 33.0. The zero-order valence-corrected chi connectivity index (χ0v) is 44.6. The highest BCUT2D eigenvalue weighted by molar-refractivity contribution is 7.46. The predicted molar refractivity (Wildman–Crippen MR) is 266 cm³/mol. The molecule has 20 nitrogen and oxygen atoms in total. The number of aliphatic hydroxyl groups is 5. The number of likely N-dealkylation sites (N-methyl/N-ethyl adjacent to an activating group) is 1. The van der Waals surface area contributed by atoms with Gasteiger partial charge >= 0.3 is 7.82 Å². The second kappa shape index (κ2) is 27.2. The Kier molecular flexibility index (Phi) is 23.7. The molecule has 3 rings (SSSR count). The average molecular weight is 1030 g/mol. The summed E-state index contributed by atoms with van der Waals surface area (Å²) in [5, 5.41) is 58.3. The minimum Gasteiger partial charge on any atom is -0.448 e. The van der Waals surface area contributed by atoms with E-state index in [-0.39, 0.29) is 38.3 Å². The van der Waals surface area contributed by atoms with Gasteiger partial charge in [0, 0.05) is 68.8 Å². The van der Waals surface area contributed by atoms with Crippen molar-refractivity contribution < 1.29 is 77.4 Å². The van der Waals surface area contributed by atoms with Crippen LogP contribution in [-0.4, -0.2) is 165 Å². The van der Waals surface area contributed by atoms with Crippen LogP contribution in [0.25, 0.3) is 6.08 Å². The van der Waals surface area contributed by atoms with Crippen LogP contribution in [0, 0.1) is 23.2 Å². The Morgan fingerprint density at radius 3 is 2.31 bits per heavy atom. The van der Waals surface area contributed by atoms with E-state index in [0.717, 1.165) is 11.1 Å². The van der Waals surface area contributed by atoms with Crippen molar-refractivity contribution >= 4 is 25.7 Å². The van der Waals surface area contributed by atoms with Crippen LogP contribution in [-0.2, 0) is 37.6 Å². The Balaban J connectivity index is 1.74. The van der Waals surface area contributed by atoms with Crippen LogP contribution in [0.1, 0.15) is 105 Å². The number of nitrogens with one attached hydrogen (secondary N) is 1. The number of phosphoric ester groups is 1.